The minimum absolute atomic E-state index is 0.00597. The zero-order chi connectivity index (χ0) is 31.7. The number of hydrogen-bond donors (Lipinski definition) is 3. The molecule has 234 valence electrons. The maximum atomic E-state index is 14.1. The Kier molecular flexibility index (Phi) is 10.8. The number of sulfonamides is 1. The van der Waals surface area contributed by atoms with Crippen LogP contribution < -0.4 is 15.4 Å². The Morgan fingerprint density at radius 1 is 1.05 bits per heavy atom. The summed E-state index contributed by atoms with van der Waals surface area (Å²) < 4.78 is 30.8. The summed E-state index contributed by atoms with van der Waals surface area (Å²) in [4.78, 5) is 67.1. The Morgan fingerprint density at radius 2 is 1.63 bits per heavy atom. The number of ether oxygens (including phenoxy) is 1. The summed E-state index contributed by atoms with van der Waals surface area (Å²) in [6.45, 7) is 15.2. The second-order valence-corrected chi connectivity index (χ2v) is 15.3. The summed E-state index contributed by atoms with van der Waals surface area (Å²) in [7, 11) is -2.61. The van der Waals surface area contributed by atoms with Crippen molar-refractivity contribution < 1.29 is 37.1 Å². The third-order valence-corrected chi connectivity index (χ3v) is 8.85. The molecule has 6 atom stereocenters. The minimum Gasteiger partial charge on any atom is -0.463 e. The van der Waals surface area contributed by atoms with Gasteiger partial charge in [0.1, 0.15) is 18.1 Å². The SMILES string of the molecule is CCCC(NC(=O)[C@@H]1[C@@H]2[C@H](CN1C(=O)[C@@H](NC(=O)[C@H](CC(C)C)NS(C)(=O)=O)C(C)(C)C)C2(C)C)C(=O)C(=O)OC. The van der Waals surface area contributed by atoms with Gasteiger partial charge in [-0.05, 0) is 41.4 Å². The molecule has 1 aliphatic heterocycles. The predicted molar refractivity (Wildman–Crippen MR) is 153 cm³/mol. The summed E-state index contributed by atoms with van der Waals surface area (Å²) in [5, 5.41) is 5.46. The lowest BCUT2D eigenvalue weighted by Gasteiger charge is -2.38. The molecule has 0 aromatic rings. The first-order valence-corrected chi connectivity index (χ1v) is 16.1. The van der Waals surface area contributed by atoms with Crippen LogP contribution in [0.4, 0.5) is 0 Å². The number of nitrogens with zero attached hydrogens (tertiary/aromatic N) is 1. The number of hydrogen-bond acceptors (Lipinski definition) is 8. The highest BCUT2D eigenvalue weighted by molar-refractivity contribution is 7.88. The average Bonchev–Trinajstić information content (AvgIpc) is 3.15. The monoisotopic (exact) mass is 600 g/mol. The number of rotatable bonds is 13. The smallest absolute Gasteiger partial charge is 0.376 e. The summed E-state index contributed by atoms with van der Waals surface area (Å²) in [6.07, 6.45) is 1.95. The zero-order valence-electron chi connectivity index (χ0n) is 26.0. The predicted octanol–water partition coefficient (Wildman–Crippen LogP) is 0.991. The molecule has 0 spiro atoms. The third kappa shape index (κ3) is 8.27. The molecule has 1 unspecified atom stereocenters. The number of piperidine rings is 1. The molecule has 0 bridgehead atoms. The summed E-state index contributed by atoms with van der Waals surface area (Å²) in [5.74, 6) is -3.69. The lowest BCUT2D eigenvalue weighted by atomic mass is 9.84. The van der Waals surface area contributed by atoms with E-state index in [2.05, 4.69) is 20.1 Å². The van der Waals surface area contributed by atoms with Crippen molar-refractivity contribution in [2.24, 2.45) is 28.6 Å². The van der Waals surface area contributed by atoms with Crippen molar-refractivity contribution in [3.63, 3.8) is 0 Å². The number of esters is 1. The molecule has 1 heterocycles. The number of methoxy groups -OCH3 is 1. The number of Topliss-reactive ketones (excluding diaryl/α,β-unsaturated/α-hetero) is 1. The summed E-state index contributed by atoms with van der Waals surface area (Å²) in [6, 6.07) is -4.14. The van der Waals surface area contributed by atoms with Crippen LogP contribution in [0.2, 0.25) is 0 Å². The number of fused-ring (bicyclic) bond motifs is 1. The Labute approximate surface area is 244 Å². The van der Waals surface area contributed by atoms with Crippen LogP contribution in [0.25, 0.3) is 0 Å². The van der Waals surface area contributed by atoms with Crippen LogP contribution in [0.1, 0.15) is 74.7 Å². The first-order chi connectivity index (χ1) is 18.7. The van der Waals surface area contributed by atoms with Gasteiger partial charge in [-0.2, -0.15) is 0 Å². The van der Waals surface area contributed by atoms with Crippen molar-refractivity contribution in [3.8, 4) is 0 Å². The van der Waals surface area contributed by atoms with Crippen LogP contribution in [0.3, 0.4) is 0 Å². The van der Waals surface area contributed by atoms with Crippen LogP contribution in [-0.2, 0) is 38.7 Å². The molecule has 0 aromatic carbocycles. The molecule has 3 amide bonds. The van der Waals surface area contributed by atoms with Crippen molar-refractivity contribution >= 4 is 39.5 Å². The fraction of sp³-hybridized carbons (Fsp3) is 0.821. The molecule has 2 aliphatic rings. The first-order valence-electron chi connectivity index (χ1n) is 14.2. The maximum Gasteiger partial charge on any atom is 0.376 e. The second-order valence-electron chi connectivity index (χ2n) is 13.5. The molecular formula is C28H48N4O8S. The normalized spacial score (nSPS) is 23.7. The Hall–Kier alpha value is -2.54. The van der Waals surface area contributed by atoms with Gasteiger partial charge in [0, 0.05) is 6.54 Å². The molecule has 1 saturated carbocycles. The molecule has 12 nitrogen and oxygen atoms in total. The highest BCUT2D eigenvalue weighted by Gasteiger charge is 2.70. The molecular weight excluding hydrogens is 552 g/mol. The Balaban J connectivity index is 2.38. The highest BCUT2D eigenvalue weighted by atomic mass is 32.2. The van der Waals surface area contributed by atoms with Gasteiger partial charge < -0.3 is 20.3 Å². The van der Waals surface area contributed by atoms with E-state index in [1.54, 1.807) is 20.8 Å². The van der Waals surface area contributed by atoms with Crippen molar-refractivity contribution in [1.82, 2.24) is 20.3 Å². The molecule has 41 heavy (non-hydrogen) atoms. The largest absolute Gasteiger partial charge is 0.463 e. The van der Waals surface area contributed by atoms with E-state index in [0.717, 1.165) is 13.4 Å². The van der Waals surface area contributed by atoms with E-state index in [4.69, 9.17) is 0 Å². The van der Waals surface area contributed by atoms with Gasteiger partial charge in [-0.1, -0.05) is 61.8 Å². The third-order valence-electron chi connectivity index (χ3n) is 8.14. The molecule has 3 N–H and O–H groups in total. The number of ketones is 1. The van der Waals surface area contributed by atoms with Crippen LogP contribution in [0.5, 0.6) is 0 Å². The van der Waals surface area contributed by atoms with Crippen molar-refractivity contribution in [1.29, 1.82) is 0 Å². The zero-order valence-corrected chi connectivity index (χ0v) is 26.8. The summed E-state index contributed by atoms with van der Waals surface area (Å²) in [5.41, 5.74) is -0.997. The fourth-order valence-corrected chi connectivity index (χ4v) is 6.59. The number of nitrogens with one attached hydrogen (secondary N) is 3. The van der Waals surface area contributed by atoms with E-state index < -0.39 is 69.1 Å². The molecule has 13 heteroatoms. The van der Waals surface area contributed by atoms with Crippen LogP contribution >= 0.6 is 0 Å². The molecule has 2 rings (SSSR count). The lowest BCUT2D eigenvalue weighted by Crippen LogP contribution is -2.62. The highest BCUT2D eigenvalue weighted by Crippen LogP contribution is 2.65. The van der Waals surface area contributed by atoms with Gasteiger partial charge in [-0.25, -0.2) is 17.9 Å². The topological polar surface area (TPSA) is 168 Å². The van der Waals surface area contributed by atoms with E-state index in [0.29, 0.717) is 6.42 Å². The lowest BCUT2D eigenvalue weighted by molar-refractivity contribution is -0.153. The van der Waals surface area contributed by atoms with E-state index >= 15 is 0 Å². The first kappa shape index (κ1) is 34.7. The van der Waals surface area contributed by atoms with Gasteiger partial charge >= 0.3 is 5.97 Å². The Morgan fingerprint density at radius 3 is 2.10 bits per heavy atom. The van der Waals surface area contributed by atoms with E-state index in [9.17, 15) is 32.4 Å². The van der Waals surface area contributed by atoms with Crippen molar-refractivity contribution in [2.45, 2.75) is 98.8 Å². The molecule has 2 fully saturated rings. The van der Waals surface area contributed by atoms with Crippen molar-refractivity contribution in [3.05, 3.63) is 0 Å². The standard InChI is InChI=1S/C28H48N4O8S/c1-11-12-17(21(33)26(37)40-9)29-24(35)20-19-16(28(19,7)8)14-32(20)25(36)22(27(4,5)6)30-23(34)18(13-15(2)3)31-41(10,38)39/h15-20,22,31H,11-14H2,1-10H3,(H,29,35)(H,30,34)/t16-,17?,18-,19-,20-,22+/m0/s1. The van der Waals surface area contributed by atoms with Gasteiger partial charge in [-0.3, -0.25) is 19.2 Å². The van der Waals surface area contributed by atoms with Crippen LogP contribution in [0.15, 0.2) is 0 Å². The fourth-order valence-electron chi connectivity index (χ4n) is 5.87. The van der Waals surface area contributed by atoms with Gasteiger partial charge in [-0.15, -0.1) is 0 Å². The van der Waals surface area contributed by atoms with Crippen LogP contribution in [0, 0.1) is 28.6 Å². The number of carbonyl (C=O) groups excluding carboxylic acids is 5. The number of amides is 3. The van der Waals surface area contributed by atoms with Gasteiger partial charge in [0.2, 0.25) is 27.7 Å². The molecule has 1 saturated heterocycles. The van der Waals surface area contributed by atoms with Gasteiger partial charge in [0.05, 0.1) is 19.4 Å². The Bertz CT molecular complexity index is 1140. The van der Waals surface area contributed by atoms with E-state index in [-0.39, 0.29) is 42.6 Å². The maximum absolute atomic E-state index is 14.1. The average molecular weight is 601 g/mol. The van der Waals surface area contributed by atoms with Crippen LogP contribution in [-0.4, -0.2) is 86.9 Å². The molecule has 0 aromatic heterocycles. The van der Waals surface area contributed by atoms with E-state index in [1.807, 2.05) is 34.6 Å². The van der Waals surface area contributed by atoms with E-state index in [1.165, 1.54) is 4.90 Å². The van der Waals surface area contributed by atoms with Crippen molar-refractivity contribution in [2.75, 3.05) is 19.9 Å². The van der Waals surface area contributed by atoms with Gasteiger partial charge in [0.25, 0.3) is 5.78 Å². The number of likely N-dealkylation sites (tertiary alicyclic amines) is 1. The minimum atomic E-state index is -3.71. The summed E-state index contributed by atoms with van der Waals surface area (Å²) >= 11 is 0. The second kappa shape index (κ2) is 12.8. The van der Waals surface area contributed by atoms with Gasteiger partial charge in [0.15, 0.2) is 0 Å². The molecule has 1 aliphatic carbocycles. The quantitative estimate of drug-likeness (QED) is 0.208. The molecule has 0 radical (unpaired) electrons. The number of carbonyl (C=O) groups is 5.